The van der Waals surface area contributed by atoms with Crippen molar-refractivity contribution in [3.8, 4) is 0 Å². The molecule has 0 saturated carbocycles. The number of rotatable bonds is 4. The molecular weight excluding hydrogens is 290 g/mol. The van der Waals surface area contributed by atoms with Crippen LogP contribution in [0.4, 0.5) is 5.82 Å². The van der Waals surface area contributed by atoms with Crippen molar-refractivity contribution in [1.29, 1.82) is 0 Å². The van der Waals surface area contributed by atoms with Gasteiger partial charge in [0.05, 0.1) is 11.6 Å². The molecule has 0 fully saturated rings. The Morgan fingerprint density at radius 2 is 2.20 bits per heavy atom. The van der Waals surface area contributed by atoms with E-state index < -0.39 is 0 Å². The molecule has 0 unspecified atom stereocenters. The van der Waals surface area contributed by atoms with Crippen LogP contribution in [0, 0.1) is 0 Å². The number of nitrogens with one attached hydrogen (secondary N) is 1. The molecule has 3 rings (SSSR count). The molecule has 0 aliphatic rings. The molecule has 102 valence electrons. The van der Waals surface area contributed by atoms with Crippen LogP contribution in [0.3, 0.4) is 0 Å². The lowest BCUT2D eigenvalue weighted by atomic mass is 10.2. The Balaban J connectivity index is 1.87. The van der Waals surface area contributed by atoms with E-state index in [4.69, 9.17) is 0 Å². The summed E-state index contributed by atoms with van der Waals surface area (Å²) in [5.41, 5.74) is 2.97. The molecule has 0 aromatic carbocycles. The van der Waals surface area contributed by atoms with Crippen LogP contribution in [0.25, 0.3) is 10.2 Å². The maximum absolute atomic E-state index is 4.31. The summed E-state index contributed by atoms with van der Waals surface area (Å²) in [5, 5.41) is 7.96. The molecule has 3 aromatic heterocycles. The van der Waals surface area contributed by atoms with Crippen LogP contribution in [0.2, 0.25) is 0 Å². The van der Waals surface area contributed by atoms with Crippen molar-refractivity contribution >= 4 is 44.9 Å². The molecule has 0 aliphatic heterocycles. The van der Waals surface area contributed by atoms with Crippen LogP contribution in [-0.4, -0.2) is 21.2 Å². The normalized spacial score (nSPS) is 11.8. The third-order valence-electron chi connectivity index (χ3n) is 2.71. The van der Waals surface area contributed by atoms with Crippen LogP contribution < -0.4 is 5.43 Å². The van der Waals surface area contributed by atoms with E-state index in [9.17, 15) is 0 Å². The van der Waals surface area contributed by atoms with Gasteiger partial charge in [0, 0.05) is 16.5 Å². The summed E-state index contributed by atoms with van der Waals surface area (Å²) >= 11 is 3.24. The highest BCUT2D eigenvalue weighted by atomic mass is 32.1. The fraction of sp³-hybridized carbons (Fsp3) is 0.231. The Labute approximate surface area is 124 Å². The van der Waals surface area contributed by atoms with Gasteiger partial charge in [0.15, 0.2) is 5.82 Å². The van der Waals surface area contributed by atoms with Crippen LogP contribution >= 0.6 is 22.7 Å². The summed E-state index contributed by atoms with van der Waals surface area (Å²) in [5.74, 6) is 1.21. The van der Waals surface area contributed by atoms with E-state index in [-0.39, 0.29) is 0 Å². The van der Waals surface area contributed by atoms with Crippen LogP contribution in [0.15, 0.2) is 29.1 Å². The van der Waals surface area contributed by atoms with Crippen LogP contribution in [0.1, 0.15) is 29.7 Å². The van der Waals surface area contributed by atoms with Crippen molar-refractivity contribution in [3.63, 3.8) is 0 Å². The van der Waals surface area contributed by atoms with E-state index >= 15 is 0 Å². The minimum absolute atomic E-state index is 0.487. The van der Waals surface area contributed by atoms with Gasteiger partial charge in [-0.3, -0.25) is 5.43 Å². The molecule has 0 atom stereocenters. The molecule has 1 N–H and O–H groups in total. The Bertz CT molecular complexity index is 730. The first-order chi connectivity index (χ1) is 9.74. The number of thiophene rings is 1. The minimum Gasteiger partial charge on any atom is -0.261 e. The first kappa shape index (κ1) is 13.1. The van der Waals surface area contributed by atoms with Gasteiger partial charge >= 0.3 is 0 Å². The lowest BCUT2D eigenvalue weighted by Gasteiger charge is -1.99. The van der Waals surface area contributed by atoms with E-state index in [2.05, 4.69) is 45.4 Å². The average molecular weight is 303 g/mol. The summed E-state index contributed by atoms with van der Waals surface area (Å²) in [4.78, 5) is 15.0. The van der Waals surface area contributed by atoms with Crippen LogP contribution in [0.5, 0.6) is 0 Å². The molecule has 0 saturated heterocycles. The molecule has 0 radical (unpaired) electrons. The van der Waals surface area contributed by atoms with Crippen molar-refractivity contribution in [1.82, 2.24) is 15.0 Å². The number of thiazole rings is 1. The molecule has 7 heteroatoms. The van der Waals surface area contributed by atoms with Gasteiger partial charge in [-0.25, -0.2) is 15.0 Å². The fourth-order valence-electron chi connectivity index (χ4n) is 1.69. The topological polar surface area (TPSA) is 63.1 Å². The fourth-order valence-corrected chi connectivity index (χ4v) is 3.19. The highest BCUT2D eigenvalue weighted by molar-refractivity contribution is 7.18. The molecule has 0 spiro atoms. The lowest BCUT2D eigenvalue weighted by molar-refractivity contribution is 0.890. The van der Waals surface area contributed by atoms with Crippen molar-refractivity contribution in [2.75, 3.05) is 5.43 Å². The van der Waals surface area contributed by atoms with Gasteiger partial charge in [0.2, 0.25) is 0 Å². The molecule has 5 nitrogen and oxygen atoms in total. The van der Waals surface area contributed by atoms with E-state index in [1.54, 1.807) is 30.1 Å². The van der Waals surface area contributed by atoms with Gasteiger partial charge in [-0.15, -0.1) is 22.7 Å². The Hall–Kier alpha value is -1.86. The van der Waals surface area contributed by atoms with Gasteiger partial charge in [-0.2, -0.15) is 5.10 Å². The number of hydrogen-bond acceptors (Lipinski definition) is 7. The Morgan fingerprint density at radius 3 is 2.95 bits per heavy atom. The predicted octanol–water partition coefficient (Wildman–Crippen LogP) is 3.72. The molecule has 0 bridgehead atoms. The number of hydrazone groups is 1. The summed E-state index contributed by atoms with van der Waals surface area (Å²) < 4.78 is 0. The standard InChI is InChI=1S/C13H13N5S2/c1-8(2)10-5-9-12(15-7-16-13(9)20-10)18-17-6-11-14-3-4-19-11/h3-8H,1-2H3,(H,15,16,18). The summed E-state index contributed by atoms with van der Waals surface area (Å²) in [6.45, 7) is 4.34. The summed E-state index contributed by atoms with van der Waals surface area (Å²) in [6.07, 6.45) is 5.00. The number of fused-ring (bicyclic) bond motifs is 1. The summed E-state index contributed by atoms with van der Waals surface area (Å²) in [6, 6.07) is 2.13. The monoisotopic (exact) mass is 303 g/mol. The van der Waals surface area contributed by atoms with Gasteiger partial charge in [0.1, 0.15) is 16.2 Å². The highest BCUT2D eigenvalue weighted by Crippen LogP contribution is 2.32. The maximum atomic E-state index is 4.31. The van der Waals surface area contributed by atoms with E-state index in [1.165, 1.54) is 16.2 Å². The second kappa shape index (κ2) is 5.64. The zero-order chi connectivity index (χ0) is 13.9. The molecule has 3 heterocycles. The quantitative estimate of drug-likeness (QED) is 0.589. The Kier molecular flexibility index (Phi) is 3.70. The predicted molar refractivity (Wildman–Crippen MR) is 84.8 cm³/mol. The second-order valence-corrected chi connectivity index (χ2v) is 6.47. The number of hydrogen-bond donors (Lipinski definition) is 1. The highest BCUT2D eigenvalue weighted by Gasteiger charge is 2.10. The smallest absolute Gasteiger partial charge is 0.158 e. The molecule has 3 aromatic rings. The lowest BCUT2D eigenvalue weighted by Crippen LogP contribution is -1.94. The Morgan fingerprint density at radius 1 is 1.30 bits per heavy atom. The third-order valence-corrected chi connectivity index (χ3v) is 4.77. The minimum atomic E-state index is 0.487. The van der Waals surface area contributed by atoms with Crippen molar-refractivity contribution in [3.05, 3.63) is 33.9 Å². The SMILES string of the molecule is CC(C)c1cc2c(NN=Cc3nccs3)ncnc2s1. The number of aromatic nitrogens is 3. The second-order valence-electron chi connectivity index (χ2n) is 4.48. The first-order valence-electron chi connectivity index (χ1n) is 6.17. The van der Waals surface area contributed by atoms with Gasteiger partial charge < -0.3 is 0 Å². The van der Waals surface area contributed by atoms with Crippen molar-refractivity contribution in [2.24, 2.45) is 5.10 Å². The molecule has 0 amide bonds. The molecule has 0 aliphatic carbocycles. The van der Waals surface area contributed by atoms with E-state index in [0.717, 1.165) is 21.0 Å². The zero-order valence-corrected chi connectivity index (χ0v) is 12.7. The number of nitrogens with zero attached hydrogens (tertiary/aromatic N) is 4. The summed E-state index contributed by atoms with van der Waals surface area (Å²) in [7, 11) is 0. The largest absolute Gasteiger partial charge is 0.261 e. The van der Waals surface area contributed by atoms with E-state index in [1.807, 2.05) is 5.38 Å². The van der Waals surface area contributed by atoms with Crippen LogP contribution in [-0.2, 0) is 0 Å². The zero-order valence-electron chi connectivity index (χ0n) is 11.1. The van der Waals surface area contributed by atoms with Crippen molar-refractivity contribution < 1.29 is 0 Å². The van der Waals surface area contributed by atoms with Crippen molar-refractivity contribution in [2.45, 2.75) is 19.8 Å². The maximum Gasteiger partial charge on any atom is 0.158 e. The van der Waals surface area contributed by atoms with Gasteiger partial charge in [-0.05, 0) is 12.0 Å². The van der Waals surface area contributed by atoms with Gasteiger partial charge in [-0.1, -0.05) is 13.8 Å². The third kappa shape index (κ3) is 2.68. The number of anilines is 1. The van der Waals surface area contributed by atoms with Gasteiger partial charge in [0.25, 0.3) is 0 Å². The van der Waals surface area contributed by atoms with E-state index in [0.29, 0.717) is 5.92 Å². The molecule has 20 heavy (non-hydrogen) atoms. The first-order valence-corrected chi connectivity index (χ1v) is 7.86. The molecular formula is C13H13N5S2. The average Bonchev–Trinajstić information content (AvgIpc) is 3.07.